The number of aromatic nitrogens is 1. The van der Waals surface area contributed by atoms with Gasteiger partial charge in [0.25, 0.3) is 0 Å². The van der Waals surface area contributed by atoms with Crippen molar-refractivity contribution in [3.05, 3.63) is 30.1 Å². The third kappa shape index (κ3) is 5.69. The Morgan fingerprint density at radius 1 is 1.47 bits per heavy atom. The average molecular weight is 274 g/mol. The number of hydrogen-bond donors (Lipinski definition) is 1. The highest BCUT2D eigenvalue weighted by molar-refractivity contribution is 7.98. The van der Waals surface area contributed by atoms with Gasteiger partial charge in [0.2, 0.25) is 15.9 Å². The zero-order valence-corrected chi connectivity index (χ0v) is 11.1. The van der Waals surface area contributed by atoms with E-state index in [2.05, 4.69) is 4.98 Å². The molecule has 1 aromatic heterocycles. The monoisotopic (exact) mass is 274 g/mol. The minimum Gasteiger partial charge on any atom is -0.274 e. The van der Waals surface area contributed by atoms with Gasteiger partial charge in [-0.25, -0.2) is 8.42 Å². The van der Waals surface area contributed by atoms with Crippen LogP contribution in [0.4, 0.5) is 0 Å². The molecule has 94 valence electrons. The molecule has 0 spiro atoms. The number of rotatable bonds is 6. The Hall–Kier alpha value is -1.08. The van der Waals surface area contributed by atoms with Crippen molar-refractivity contribution in [2.24, 2.45) is 0 Å². The molecule has 0 aliphatic rings. The molecule has 0 unspecified atom stereocenters. The van der Waals surface area contributed by atoms with Crippen LogP contribution in [-0.2, 0) is 20.6 Å². The standard InChI is InChI=1S/C10H14N2O3S2/c1-16-7-5-10(13)12-17(14,15)8-9-4-2-3-6-11-9/h2-4,6H,5,7-8H2,1H3,(H,12,13). The third-order valence-corrected chi connectivity index (χ3v) is 3.69. The molecule has 7 heteroatoms. The van der Waals surface area contributed by atoms with Gasteiger partial charge >= 0.3 is 0 Å². The number of nitrogens with one attached hydrogen (secondary N) is 1. The molecular formula is C10H14N2O3S2. The Morgan fingerprint density at radius 2 is 2.24 bits per heavy atom. The Labute approximate surface area is 105 Å². The maximum absolute atomic E-state index is 11.6. The normalized spacial score (nSPS) is 11.1. The summed E-state index contributed by atoms with van der Waals surface area (Å²) in [5, 5.41) is 0. The van der Waals surface area contributed by atoms with Crippen LogP contribution in [0.1, 0.15) is 12.1 Å². The van der Waals surface area contributed by atoms with Crippen LogP contribution < -0.4 is 4.72 Å². The molecular weight excluding hydrogens is 260 g/mol. The van der Waals surface area contributed by atoms with Crippen LogP contribution in [0, 0.1) is 0 Å². The first-order chi connectivity index (χ1) is 8.03. The number of nitrogens with zero attached hydrogens (tertiary/aromatic N) is 1. The van der Waals surface area contributed by atoms with Crippen LogP contribution in [-0.4, -0.2) is 31.3 Å². The highest BCUT2D eigenvalue weighted by Gasteiger charge is 2.15. The highest BCUT2D eigenvalue weighted by Crippen LogP contribution is 2.01. The lowest BCUT2D eigenvalue weighted by molar-refractivity contribution is -0.118. The topological polar surface area (TPSA) is 76.1 Å². The fourth-order valence-corrected chi connectivity index (χ4v) is 2.60. The molecule has 5 nitrogen and oxygen atoms in total. The van der Waals surface area contributed by atoms with E-state index in [9.17, 15) is 13.2 Å². The number of carbonyl (C=O) groups excluding carboxylic acids is 1. The van der Waals surface area contributed by atoms with Gasteiger partial charge in [-0.05, 0) is 18.4 Å². The Bertz CT molecular complexity index is 460. The molecule has 0 aromatic carbocycles. The van der Waals surface area contributed by atoms with Gasteiger partial charge in [-0.3, -0.25) is 14.5 Å². The minimum absolute atomic E-state index is 0.197. The molecule has 0 fully saturated rings. The van der Waals surface area contributed by atoms with Crippen molar-refractivity contribution in [3.63, 3.8) is 0 Å². The van der Waals surface area contributed by atoms with Crippen molar-refractivity contribution in [1.82, 2.24) is 9.71 Å². The highest BCUT2D eigenvalue weighted by atomic mass is 32.2. The fourth-order valence-electron chi connectivity index (χ4n) is 1.13. The molecule has 0 atom stereocenters. The lowest BCUT2D eigenvalue weighted by atomic mass is 10.4. The smallest absolute Gasteiger partial charge is 0.240 e. The Balaban J connectivity index is 2.55. The molecule has 0 aliphatic heterocycles. The van der Waals surface area contributed by atoms with Gasteiger partial charge in [0.15, 0.2) is 0 Å². The number of amides is 1. The van der Waals surface area contributed by atoms with Gasteiger partial charge in [-0.15, -0.1) is 0 Å². The zero-order chi connectivity index (χ0) is 12.7. The van der Waals surface area contributed by atoms with E-state index in [0.717, 1.165) is 0 Å². The summed E-state index contributed by atoms with van der Waals surface area (Å²) in [7, 11) is -3.64. The van der Waals surface area contributed by atoms with Crippen molar-refractivity contribution in [3.8, 4) is 0 Å². The summed E-state index contributed by atoms with van der Waals surface area (Å²) in [6.07, 6.45) is 3.57. The van der Waals surface area contributed by atoms with E-state index in [1.165, 1.54) is 18.0 Å². The van der Waals surface area contributed by atoms with E-state index in [0.29, 0.717) is 11.4 Å². The summed E-state index contributed by atoms with van der Waals surface area (Å²) in [6, 6.07) is 5.01. The van der Waals surface area contributed by atoms with E-state index >= 15 is 0 Å². The summed E-state index contributed by atoms with van der Waals surface area (Å²) in [4.78, 5) is 15.2. The number of hydrogen-bond acceptors (Lipinski definition) is 5. The van der Waals surface area contributed by atoms with Gasteiger partial charge in [0.1, 0.15) is 5.75 Å². The number of sulfonamides is 1. The second-order valence-corrected chi connectivity index (χ2v) is 6.06. The second-order valence-electron chi connectivity index (χ2n) is 3.35. The molecule has 0 aliphatic carbocycles. The van der Waals surface area contributed by atoms with E-state index in [4.69, 9.17) is 0 Å². The molecule has 0 bridgehead atoms. The lowest BCUT2D eigenvalue weighted by Crippen LogP contribution is -2.31. The van der Waals surface area contributed by atoms with E-state index in [1.807, 2.05) is 11.0 Å². The summed E-state index contributed by atoms with van der Waals surface area (Å²) >= 11 is 1.49. The van der Waals surface area contributed by atoms with Gasteiger partial charge in [0, 0.05) is 18.4 Å². The SMILES string of the molecule is CSCCC(=O)NS(=O)(=O)Cc1ccccn1. The quantitative estimate of drug-likeness (QED) is 0.829. The molecule has 1 amide bonds. The van der Waals surface area contributed by atoms with Gasteiger partial charge < -0.3 is 0 Å². The van der Waals surface area contributed by atoms with Crippen LogP contribution in [0.25, 0.3) is 0 Å². The maximum atomic E-state index is 11.6. The van der Waals surface area contributed by atoms with Crippen molar-refractivity contribution in [1.29, 1.82) is 0 Å². The zero-order valence-electron chi connectivity index (χ0n) is 9.42. The minimum atomic E-state index is -3.64. The van der Waals surface area contributed by atoms with E-state index in [1.54, 1.807) is 18.2 Å². The molecule has 1 rings (SSSR count). The molecule has 1 aromatic rings. The van der Waals surface area contributed by atoms with Crippen LogP contribution >= 0.6 is 11.8 Å². The van der Waals surface area contributed by atoms with Gasteiger partial charge in [-0.2, -0.15) is 11.8 Å². The van der Waals surface area contributed by atoms with Gasteiger partial charge in [0.05, 0.1) is 5.69 Å². The van der Waals surface area contributed by atoms with Gasteiger partial charge in [-0.1, -0.05) is 6.07 Å². The first-order valence-corrected chi connectivity index (χ1v) is 8.00. The Kier molecular flexibility index (Phi) is 5.43. The van der Waals surface area contributed by atoms with E-state index in [-0.39, 0.29) is 12.2 Å². The summed E-state index contributed by atoms with van der Waals surface area (Å²) in [5.74, 6) is -0.153. The molecule has 0 radical (unpaired) electrons. The van der Waals surface area contributed by atoms with Crippen molar-refractivity contribution < 1.29 is 13.2 Å². The van der Waals surface area contributed by atoms with Crippen molar-refractivity contribution >= 4 is 27.7 Å². The molecule has 0 saturated carbocycles. The predicted octanol–water partition coefficient (Wildman–Crippen LogP) is 0.781. The second kappa shape index (κ2) is 6.61. The largest absolute Gasteiger partial charge is 0.274 e. The van der Waals surface area contributed by atoms with Crippen LogP contribution in [0.5, 0.6) is 0 Å². The number of carbonyl (C=O) groups is 1. The van der Waals surface area contributed by atoms with Crippen molar-refractivity contribution in [2.75, 3.05) is 12.0 Å². The fraction of sp³-hybridized carbons (Fsp3) is 0.400. The van der Waals surface area contributed by atoms with E-state index < -0.39 is 15.9 Å². The first-order valence-electron chi connectivity index (χ1n) is 4.95. The lowest BCUT2D eigenvalue weighted by Gasteiger charge is -2.05. The molecule has 1 N–H and O–H groups in total. The third-order valence-electron chi connectivity index (χ3n) is 1.87. The summed E-state index contributed by atoms with van der Waals surface area (Å²) < 4.78 is 25.2. The first kappa shape index (κ1) is 14.0. The number of thioether (sulfide) groups is 1. The Morgan fingerprint density at radius 3 is 2.82 bits per heavy atom. The van der Waals surface area contributed by atoms with Crippen LogP contribution in [0.2, 0.25) is 0 Å². The average Bonchev–Trinajstić information content (AvgIpc) is 2.26. The molecule has 1 heterocycles. The molecule has 17 heavy (non-hydrogen) atoms. The number of pyridine rings is 1. The maximum Gasteiger partial charge on any atom is 0.240 e. The van der Waals surface area contributed by atoms with Crippen molar-refractivity contribution in [2.45, 2.75) is 12.2 Å². The van der Waals surface area contributed by atoms with Crippen LogP contribution in [0.15, 0.2) is 24.4 Å². The van der Waals surface area contributed by atoms with Crippen LogP contribution in [0.3, 0.4) is 0 Å². The summed E-state index contributed by atoms with van der Waals surface area (Å²) in [5.41, 5.74) is 0.415. The summed E-state index contributed by atoms with van der Waals surface area (Å²) in [6.45, 7) is 0. The molecule has 0 saturated heterocycles. The predicted molar refractivity (Wildman–Crippen MR) is 68.0 cm³/mol.